The van der Waals surface area contributed by atoms with Crippen molar-refractivity contribution in [3.05, 3.63) is 33.1 Å². The van der Waals surface area contributed by atoms with E-state index in [0.29, 0.717) is 0 Å². The first-order chi connectivity index (χ1) is 15.2. The first-order valence-corrected chi connectivity index (χ1v) is 12.1. The van der Waals surface area contributed by atoms with Crippen LogP contribution >= 0.6 is 15.6 Å². The van der Waals surface area contributed by atoms with Gasteiger partial charge in [-0.05, 0) is 0 Å². The number of aromatic amines is 1. The molecular formula is C15H22N2O14P2. The molecule has 18 heteroatoms. The summed E-state index contributed by atoms with van der Waals surface area (Å²) in [6.45, 7) is 0.947. The van der Waals surface area contributed by atoms with Crippen molar-refractivity contribution >= 4 is 27.6 Å². The van der Waals surface area contributed by atoms with Crippen LogP contribution in [0, 0.1) is 5.92 Å². The Morgan fingerprint density at radius 1 is 1.15 bits per heavy atom. The zero-order valence-corrected chi connectivity index (χ0v) is 19.3. The highest BCUT2D eigenvalue weighted by molar-refractivity contribution is 7.61. The van der Waals surface area contributed by atoms with Crippen molar-refractivity contribution in [3.63, 3.8) is 0 Å². The van der Waals surface area contributed by atoms with Gasteiger partial charge in [-0.25, -0.2) is 13.9 Å². The largest absolute Gasteiger partial charge is 0.481 e. The van der Waals surface area contributed by atoms with Gasteiger partial charge in [0.05, 0.1) is 18.6 Å². The van der Waals surface area contributed by atoms with Crippen molar-refractivity contribution in [3.8, 4) is 0 Å². The van der Waals surface area contributed by atoms with Crippen molar-refractivity contribution in [2.45, 2.75) is 32.3 Å². The maximum absolute atomic E-state index is 12.2. The Balaban J connectivity index is 2.36. The SMILES string of the molecule is COP(=O)(O)OP(=O)(O)OC[C@H]1O[C@@H](n2ccc(=O)[nH]c2=O)[C@H](OC(C)=O)[C@@H]1COC(C)=O. The van der Waals surface area contributed by atoms with Crippen LogP contribution in [0.5, 0.6) is 0 Å². The summed E-state index contributed by atoms with van der Waals surface area (Å²) in [6, 6.07) is 1.000. The van der Waals surface area contributed by atoms with E-state index in [1.807, 2.05) is 4.98 Å². The van der Waals surface area contributed by atoms with Gasteiger partial charge in [-0.1, -0.05) is 0 Å². The average Bonchev–Trinajstić information content (AvgIpc) is 3.00. The molecule has 3 N–H and O–H groups in total. The van der Waals surface area contributed by atoms with E-state index in [-0.39, 0.29) is 0 Å². The molecule has 2 rings (SSSR count). The Morgan fingerprint density at radius 2 is 1.82 bits per heavy atom. The molecule has 0 aliphatic carbocycles. The molecule has 1 aromatic rings. The number of esters is 2. The molecular weight excluding hydrogens is 494 g/mol. The van der Waals surface area contributed by atoms with Gasteiger partial charge >= 0.3 is 33.3 Å². The molecule has 2 heterocycles. The van der Waals surface area contributed by atoms with Crippen molar-refractivity contribution in [2.75, 3.05) is 20.3 Å². The summed E-state index contributed by atoms with van der Waals surface area (Å²) in [7, 11) is -9.29. The molecule has 1 fully saturated rings. The highest BCUT2D eigenvalue weighted by Crippen LogP contribution is 2.60. The lowest BCUT2D eigenvalue weighted by molar-refractivity contribution is -0.155. The number of carbonyl (C=O) groups is 2. The van der Waals surface area contributed by atoms with Gasteiger partial charge in [0.15, 0.2) is 12.3 Å². The molecule has 16 nitrogen and oxygen atoms in total. The third-order valence-electron chi connectivity index (χ3n) is 4.24. The van der Waals surface area contributed by atoms with E-state index in [1.165, 1.54) is 0 Å². The number of phosphoric ester groups is 2. The van der Waals surface area contributed by atoms with Gasteiger partial charge in [-0.15, -0.1) is 0 Å². The molecule has 1 aliphatic rings. The van der Waals surface area contributed by atoms with E-state index in [2.05, 4.69) is 8.83 Å². The van der Waals surface area contributed by atoms with Gasteiger partial charge in [-0.3, -0.25) is 33.0 Å². The van der Waals surface area contributed by atoms with Gasteiger partial charge in [0.1, 0.15) is 6.61 Å². The third kappa shape index (κ3) is 7.69. The summed E-state index contributed by atoms with van der Waals surface area (Å²) in [4.78, 5) is 67.5. The number of aromatic nitrogens is 2. The molecule has 6 atom stereocenters. The molecule has 1 saturated heterocycles. The lowest BCUT2D eigenvalue weighted by Gasteiger charge is -2.24. The highest BCUT2D eigenvalue weighted by atomic mass is 31.3. The summed E-state index contributed by atoms with van der Waals surface area (Å²) >= 11 is 0. The standard InChI is InChI=1S/C15H22N2O14P2/c1-8(18)27-6-10-11(7-28-33(24,25)31-32(22,23)26-3)30-14(13(10)29-9(2)19)17-5-4-12(20)16-15(17)21/h4-5,10-11,13-14H,6-7H2,1-3H3,(H,22,23)(H,24,25)(H,16,20,21)/t10-,11-,13-,14-/m1/s1. The van der Waals surface area contributed by atoms with Crippen LogP contribution in [0.25, 0.3) is 0 Å². The minimum atomic E-state index is -5.15. The Morgan fingerprint density at radius 3 is 2.36 bits per heavy atom. The van der Waals surface area contributed by atoms with Crippen LogP contribution in [0.4, 0.5) is 0 Å². The van der Waals surface area contributed by atoms with Crippen molar-refractivity contribution in [1.82, 2.24) is 9.55 Å². The topological polar surface area (TPSA) is 219 Å². The number of hydrogen-bond acceptors (Lipinski definition) is 12. The van der Waals surface area contributed by atoms with Gasteiger partial charge in [0.2, 0.25) is 0 Å². The van der Waals surface area contributed by atoms with E-state index in [9.17, 15) is 38.1 Å². The van der Waals surface area contributed by atoms with Crippen molar-refractivity contribution < 1.29 is 56.1 Å². The molecule has 33 heavy (non-hydrogen) atoms. The van der Waals surface area contributed by atoms with Crippen LogP contribution in [0.15, 0.2) is 21.9 Å². The quantitative estimate of drug-likeness (QED) is 0.262. The van der Waals surface area contributed by atoms with Gasteiger partial charge < -0.3 is 24.0 Å². The van der Waals surface area contributed by atoms with E-state index in [0.717, 1.165) is 37.8 Å². The molecule has 1 aromatic heterocycles. The minimum absolute atomic E-state index is 0.428. The average molecular weight is 516 g/mol. The van der Waals surface area contributed by atoms with Crippen LogP contribution in [-0.4, -0.2) is 63.8 Å². The Labute approximate surface area is 185 Å². The lowest BCUT2D eigenvalue weighted by Crippen LogP contribution is -2.39. The number of nitrogens with zero attached hydrogens (tertiary/aromatic N) is 1. The maximum atomic E-state index is 12.2. The highest BCUT2D eigenvalue weighted by Gasteiger charge is 2.49. The second-order valence-electron chi connectivity index (χ2n) is 6.62. The Hall–Kier alpha value is -2.16. The van der Waals surface area contributed by atoms with Crippen LogP contribution in [0.3, 0.4) is 0 Å². The number of hydrogen-bond donors (Lipinski definition) is 3. The Kier molecular flexibility index (Phi) is 8.90. The first-order valence-electron chi connectivity index (χ1n) is 9.09. The molecule has 2 unspecified atom stereocenters. The van der Waals surface area contributed by atoms with Gasteiger partial charge in [0, 0.05) is 33.2 Å². The summed E-state index contributed by atoms with van der Waals surface area (Å²) < 4.78 is 53.0. The summed E-state index contributed by atoms with van der Waals surface area (Å²) in [5, 5.41) is 0. The molecule has 0 saturated carbocycles. The second kappa shape index (κ2) is 10.8. The van der Waals surface area contributed by atoms with Crippen LogP contribution < -0.4 is 11.2 Å². The van der Waals surface area contributed by atoms with Gasteiger partial charge in [-0.2, -0.15) is 4.31 Å². The third-order valence-corrected chi connectivity index (χ3v) is 6.83. The van der Waals surface area contributed by atoms with Crippen molar-refractivity contribution in [2.24, 2.45) is 5.92 Å². The second-order valence-corrected chi connectivity index (χ2v) is 9.77. The molecule has 0 radical (unpaired) electrons. The van der Waals surface area contributed by atoms with Crippen LogP contribution in [-0.2, 0) is 46.3 Å². The van der Waals surface area contributed by atoms with E-state index in [1.54, 1.807) is 0 Å². The number of carbonyl (C=O) groups excluding carboxylic acids is 2. The lowest BCUT2D eigenvalue weighted by atomic mass is 9.99. The maximum Gasteiger partial charge on any atom is 0.481 e. The number of rotatable bonds is 10. The molecule has 1 aliphatic heterocycles. The zero-order valence-electron chi connectivity index (χ0n) is 17.5. The zero-order chi connectivity index (χ0) is 25.0. The number of H-pyrrole nitrogens is 1. The van der Waals surface area contributed by atoms with Crippen molar-refractivity contribution in [1.29, 1.82) is 0 Å². The smallest absolute Gasteiger partial charge is 0.465 e. The minimum Gasteiger partial charge on any atom is -0.465 e. The number of phosphoric acid groups is 2. The van der Waals surface area contributed by atoms with E-state index < -0.39 is 76.4 Å². The number of ether oxygens (including phenoxy) is 3. The molecule has 0 amide bonds. The Bertz CT molecular complexity index is 1080. The van der Waals surface area contributed by atoms with Crippen LogP contribution in [0.2, 0.25) is 0 Å². The fraction of sp³-hybridized carbons (Fsp3) is 0.600. The monoisotopic (exact) mass is 516 g/mol. The predicted molar refractivity (Wildman–Crippen MR) is 105 cm³/mol. The van der Waals surface area contributed by atoms with E-state index in [4.69, 9.17) is 18.7 Å². The summed E-state index contributed by atoms with van der Waals surface area (Å²) in [5.41, 5.74) is -1.63. The van der Waals surface area contributed by atoms with Crippen LogP contribution in [0.1, 0.15) is 20.1 Å². The predicted octanol–water partition coefficient (Wildman–Crippen LogP) is -0.575. The molecule has 0 spiro atoms. The molecule has 0 bridgehead atoms. The van der Waals surface area contributed by atoms with E-state index >= 15 is 0 Å². The molecule has 0 aromatic carbocycles. The fourth-order valence-electron chi connectivity index (χ4n) is 2.90. The normalized spacial score (nSPS) is 26.2. The number of nitrogens with one attached hydrogen (secondary N) is 1. The molecule has 186 valence electrons. The van der Waals surface area contributed by atoms with Gasteiger partial charge in [0.25, 0.3) is 5.56 Å². The summed E-state index contributed by atoms with van der Waals surface area (Å²) in [6.07, 6.45) is -2.84. The summed E-state index contributed by atoms with van der Waals surface area (Å²) in [5.74, 6) is -2.54. The first kappa shape index (κ1) is 27.1. The fourth-order valence-corrected chi connectivity index (χ4v) is 4.74.